The van der Waals surface area contributed by atoms with Crippen LogP contribution < -0.4 is 9.62 Å². The Balaban J connectivity index is 2.02. The van der Waals surface area contributed by atoms with Gasteiger partial charge in [-0.25, -0.2) is 8.42 Å². The van der Waals surface area contributed by atoms with E-state index in [2.05, 4.69) is 21.2 Å². The molecule has 1 N–H and O–H groups in total. The lowest BCUT2D eigenvalue weighted by Gasteiger charge is -2.33. The topological polar surface area (TPSA) is 86.8 Å². The SMILES string of the molecule is CCC(C(=O)NCC(C)C)N(Cc1ccc(C)cc1)C(=O)CN(c1ccc(Br)cc1)S(=O)(=O)c1ccccc1. The molecule has 0 aliphatic heterocycles. The van der Waals surface area contributed by atoms with Crippen LogP contribution in [0.25, 0.3) is 0 Å². The smallest absolute Gasteiger partial charge is 0.264 e. The Morgan fingerprint density at radius 1 is 0.923 bits per heavy atom. The Kier molecular flexibility index (Phi) is 10.7. The molecule has 0 saturated heterocycles. The quantitative estimate of drug-likeness (QED) is 0.291. The molecule has 0 fully saturated rings. The van der Waals surface area contributed by atoms with Gasteiger partial charge in [0.15, 0.2) is 0 Å². The molecule has 3 rings (SSSR count). The minimum Gasteiger partial charge on any atom is -0.354 e. The van der Waals surface area contributed by atoms with Gasteiger partial charge in [0.1, 0.15) is 12.6 Å². The predicted octanol–water partition coefficient (Wildman–Crippen LogP) is 5.53. The summed E-state index contributed by atoms with van der Waals surface area (Å²) >= 11 is 3.39. The van der Waals surface area contributed by atoms with E-state index in [0.29, 0.717) is 18.7 Å². The number of hydrogen-bond acceptors (Lipinski definition) is 4. The van der Waals surface area contributed by atoms with Crippen molar-refractivity contribution in [2.75, 3.05) is 17.4 Å². The molecule has 1 atom stereocenters. The summed E-state index contributed by atoms with van der Waals surface area (Å²) < 4.78 is 29.5. The van der Waals surface area contributed by atoms with Gasteiger partial charge < -0.3 is 10.2 Å². The Labute approximate surface area is 240 Å². The summed E-state index contributed by atoms with van der Waals surface area (Å²) in [4.78, 5) is 28.8. The molecule has 3 aromatic carbocycles. The van der Waals surface area contributed by atoms with Crippen LogP contribution in [0, 0.1) is 12.8 Å². The number of amides is 2. The Morgan fingerprint density at radius 3 is 2.10 bits per heavy atom. The number of rotatable bonds is 12. The zero-order valence-corrected chi connectivity index (χ0v) is 25.2. The van der Waals surface area contributed by atoms with Crippen LogP contribution in [0.3, 0.4) is 0 Å². The zero-order chi connectivity index (χ0) is 28.6. The van der Waals surface area contributed by atoms with Crippen LogP contribution in [0.4, 0.5) is 5.69 Å². The molecule has 3 aromatic rings. The molecular weight excluding hydrogens is 578 g/mol. The molecule has 2 amide bonds. The van der Waals surface area contributed by atoms with E-state index in [9.17, 15) is 18.0 Å². The first-order valence-corrected chi connectivity index (χ1v) is 15.2. The van der Waals surface area contributed by atoms with Crippen LogP contribution in [-0.4, -0.2) is 44.3 Å². The summed E-state index contributed by atoms with van der Waals surface area (Å²) in [6.45, 7) is 8.02. The highest BCUT2D eigenvalue weighted by Crippen LogP contribution is 2.26. The fourth-order valence-corrected chi connectivity index (χ4v) is 5.79. The third-order valence-electron chi connectivity index (χ3n) is 6.27. The second-order valence-electron chi connectivity index (χ2n) is 9.87. The fourth-order valence-electron chi connectivity index (χ4n) is 4.09. The summed E-state index contributed by atoms with van der Waals surface area (Å²) in [5.41, 5.74) is 2.28. The van der Waals surface area contributed by atoms with Crippen molar-refractivity contribution in [3.63, 3.8) is 0 Å². The molecule has 0 spiro atoms. The summed E-state index contributed by atoms with van der Waals surface area (Å²) in [6.07, 6.45) is 0.380. The molecule has 0 heterocycles. The van der Waals surface area contributed by atoms with Crippen LogP contribution in [0.15, 0.2) is 88.2 Å². The molecule has 7 nitrogen and oxygen atoms in total. The number of anilines is 1. The van der Waals surface area contributed by atoms with Crippen molar-refractivity contribution in [1.82, 2.24) is 10.2 Å². The van der Waals surface area contributed by atoms with E-state index in [0.717, 1.165) is 19.9 Å². The van der Waals surface area contributed by atoms with Gasteiger partial charge in [-0.15, -0.1) is 0 Å². The van der Waals surface area contributed by atoms with E-state index in [1.54, 1.807) is 42.5 Å². The van der Waals surface area contributed by atoms with Gasteiger partial charge in [0.2, 0.25) is 11.8 Å². The first-order valence-electron chi connectivity index (χ1n) is 13.0. The fraction of sp³-hybridized carbons (Fsp3) is 0.333. The number of carbonyl (C=O) groups excluding carboxylic acids is 2. The average molecular weight is 615 g/mol. The number of aryl methyl sites for hydroxylation is 1. The highest BCUT2D eigenvalue weighted by Gasteiger charge is 2.33. The lowest BCUT2D eigenvalue weighted by atomic mass is 10.1. The van der Waals surface area contributed by atoms with E-state index < -0.39 is 28.5 Å². The minimum absolute atomic E-state index is 0.0764. The summed E-state index contributed by atoms with van der Waals surface area (Å²) in [5.74, 6) is -0.478. The standard InChI is InChI=1S/C30H36BrN3O4S/c1-5-28(30(36)32-19-22(2)3)33(20-24-13-11-23(4)12-14-24)29(35)21-34(26-17-15-25(31)16-18-26)39(37,38)27-9-7-6-8-10-27/h6-18,22,28H,5,19-21H2,1-4H3,(H,32,36). The molecular formula is C30H36BrN3O4S. The molecule has 0 radical (unpaired) electrons. The van der Waals surface area contributed by atoms with E-state index in [-0.39, 0.29) is 23.3 Å². The molecule has 208 valence electrons. The first-order chi connectivity index (χ1) is 18.5. The number of hydrogen-bond donors (Lipinski definition) is 1. The summed E-state index contributed by atoms with van der Waals surface area (Å²) in [5, 5.41) is 2.94. The van der Waals surface area contributed by atoms with Crippen molar-refractivity contribution < 1.29 is 18.0 Å². The van der Waals surface area contributed by atoms with Crippen molar-refractivity contribution in [2.45, 2.75) is 51.6 Å². The van der Waals surface area contributed by atoms with Crippen LogP contribution in [0.2, 0.25) is 0 Å². The summed E-state index contributed by atoms with van der Waals surface area (Å²) in [6, 6.07) is 21.8. The second-order valence-corrected chi connectivity index (χ2v) is 12.6. The van der Waals surface area contributed by atoms with Gasteiger partial charge in [-0.3, -0.25) is 13.9 Å². The second kappa shape index (κ2) is 13.8. The van der Waals surface area contributed by atoms with E-state index in [4.69, 9.17) is 0 Å². The van der Waals surface area contributed by atoms with Gasteiger partial charge in [0.25, 0.3) is 10.0 Å². The monoisotopic (exact) mass is 613 g/mol. The average Bonchev–Trinajstić information content (AvgIpc) is 2.92. The number of nitrogens with zero attached hydrogens (tertiary/aromatic N) is 2. The third kappa shape index (κ3) is 8.16. The van der Waals surface area contributed by atoms with Crippen LogP contribution in [0.1, 0.15) is 38.3 Å². The lowest BCUT2D eigenvalue weighted by Crippen LogP contribution is -2.52. The predicted molar refractivity (Wildman–Crippen MR) is 159 cm³/mol. The lowest BCUT2D eigenvalue weighted by molar-refractivity contribution is -0.140. The highest BCUT2D eigenvalue weighted by atomic mass is 79.9. The Hall–Kier alpha value is -3.17. The minimum atomic E-state index is -4.08. The zero-order valence-electron chi connectivity index (χ0n) is 22.8. The van der Waals surface area contributed by atoms with Gasteiger partial charge >= 0.3 is 0 Å². The molecule has 0 bridgehead atoms. The van der Waals surface area contributed by atoms with Gasteiger partial charge in [-0.1, -0.05) is 84.7 Å². The number of sulfonamides is 1. The molecule has 39 heavy (non-hydrogen) atoms. The normalized spacial score (nSPS) is 12.2. The number of nitrogens with one attached hydrogen (secondary N) is 1. The van der Waals surface area contributed by atoms with Crippen LogP contribution in [-0.2, 0) is 26.2 Å². The van der Waals surface area contributed by atoms with Gasteiger partial charge in [-0.2, -0.15) is 0 Å². The number of carbonyl (C=O) groups is 2. The van der Waals surface area contributed by atoms with Gasteiger partial charge in [0.05, 0.1) is 10.6 Å². The molecule has 1 unspecified atom stereocenters. The van der Waals surface area contributed by atoms with E-state index in [1.807, 2.05) is 52.0 Å². The van der Waals surface area contributed by atoms with Crippen molar-refractivity contribution in [3.8, 4) is 0 Å². The third-order valence-corrected chi connectivity index (χ3v) is 8.59. The van der Waals surface area contributed by atoms with E-state index >= 15 is 0 Å². The molecule has 0 aliphatic rings. The van der Waals surface area contributed by atoms with Crippen molar-refractivity contribution in [1.29, 1.82) is 0 Å². The van der Waals surface area contributed by atoms with Gasteiger partial charge in [0, 0.05) is 17.6 Å². The largest absolute Gasteiger partial charge is 0.354 e. The molecule has 0 saturated carbocycles. The summed E-state index contributed by atoms with van der Waals surface area (Å²) in [7, 11) is -4.08. The maximum absolute atomic E-state index is 14.0. The van der Waals surface area contributed by atoms with Gasteiger partial charge in [-0.05, 0) is 61.2 Å². The number of halogens is 1. The van der Waals surface area contributed by atoms with E-state index in [1.165, 1.54) is 17.0 Å². The highest BCUT2D eigenvalue weighted by molar-refractivity contribution is 9.10. The maximum atomic E-state index is 14.0. The van der Waals surface area contributed by atoms with Crippen molar-refractivity contribution in [3.05, 3.63) is 94.5 Å². The molecule has 0 aromatic heterocycles. The van der Waals surface area contributed by atoms with Crippen LogP contribution >= 0.6 is 15.9 Å². The Bertz CT molecular complexity index is 1350. The van der Waals surface area contributed by atoms with Crippen molar-refractivity contribution in [2.24, 2.45) is 5.92 Å². The molecule has 0 aliphatic carbocycles. The van der Waals surface area contributed by atoms with Crippen LogP contribution in [0.5, 0.6) is 0 Å². The van der Waals surface area contributed by atoms with Crippen molar-refractivity contribution >= 4 is 43.5 Å². The number of benzene rings is 3. The maximum Gasteiger partial charge on any atom is 0.264 e. The first kappa shape index (κ1) is 30.4. The Morgan fingerprint density at radius 2 is 1.54 bits per heavy atom. The molecule has 9 heteroatoms.